The molecule has 4 N–H and O–H groups in total. The van der Waals surface area contributed by atoms with E-state index in [0.29, 0.717) is 12.1 Å². The molecule has 1 atom stereocenters. The number of carbonyl (C=O) groups excluding carboxylic acids is 1. The molecule has 0 unspecified atom stereocenters. The third-order valence-electron chi connectivity index (χ3n) is 2.34. The van der Waals surface area contributed by atoms with E-state index in [1.165, 1.54) is 12.1 Å². The summed E-state index contributed by atoms with van der Waals surface area (Å²) in [7, 11) is 0. The summed E-state index contributed by atoms with van der Waals surface area (Å²) < 4.78 is 0. The van der Waals surface area contributed by atoms with Crippen molar-refractivity contribution in [2.45, 2.75) is 19.4 Å². The highest BCUT2D eigenvalue weighted by atomic mass is 35.5. The molecule has 0 aliphatic heterocycles. The minimum Gasteiger partial charge on any atom is -0.399 e. The minimum absolute atomic E-state index is 0.129. The minimum atomic E-state index is -0.398. The van der Waals surface area contributed by atoms with Crippen LogP contribution >= 0.6 is 23.2 Å². The maximum absolute atomic E-state index is 11.9. The van der Waals surface area contributed by atoms with Gasteiger partial charge < -0.3 is 16.2 Å². The van der Waals surface area contributed by atoms with Gasteiger partial charge in [-0.1, -0.05) is 30.1 Å². The normalized spacial score (nSPS) is 12.2. The zero-order valence-electron chi connectivity index (χ0n) is 9.34. The Labute approximate surface area is 110 Å². The standard InChI is InChI=1S/C11H14Cl2N2O2/c1-2-7(5-16)15-11(17)8-3-6(14)4-9(12)10(8)13/h3-4,7,16H,2,5,14H2,1H3,(H,15,17)/t7-/m1/s1. The van der Waals surface area contributed by atoms with E-state index < -0.39 is 5.91 Å². The van der Waals surface area contributed by atoms with Gasteiger partial charge in [-0.05, 0) is 18.6 Å². The fraction of sp³-hybridized carbons (Fsp3) is 0.364. The number of hydrogen-bond acceptors (Lipinski definition) is 3. The Hall–Kier alpha value is -0.970. The maximum Gasteiger partial charge on any atom is 0.253 e. The molecule has 6 heteroatoms. The van der Waals surface area contributed by atoms with E-state index in [9.17, 15) is 4.79 Å². The zero-order valence-corrected chi connectivity index (χ0v) is 10.8. The smallest absolute Gasteiger partial charge is 0.253 e. The van der Waals surface area contributed by atoms with Crippen LogP contribution in [0.3, 0.4) is 0 Å². The number of benzene rings is 1. The summed E-state index contributed by atoms with van der Waals surface area (Å²) in [5, 5.41) is 12.0. The van der Waals surface area contributed by atoms with E-state index in [0.717, 1.165) is 0 Å². The Bertz CT molecular complexity index is 420. The van der Waals surface area contributed by atoms with Gasteiger partial charge in [0, 0.05) is 5.69 Å². The number of nitrogens with one attached hydrogen (secondary N) is 1. The molecule has 0 fully saturated rings. The third-order valence-corrected chi connectivity index (χ3v) is 3.15. The summed E-state index contributed by atoms with van der Waals surface area (Å²) in [4.78, 5) is 11.9. The molecule has 0 spiro atoms. The first-order chi connectivity index (χ1) is 7.99. The quantitative estimate of drug-likeness (QED) is 0.737. The van der Waals surface area contributed by atoms with Gasteiger partial charge in [-0.2, -0.15) is 0 Å². The lowest BCUT2D eigenvalue weighted by Crippen LogP contribution is -2.37. The molecule has 1 rings (SSSR count). The lowest BCUT2D eigenvalue weighted by atomic mass is 10.1. The molecule has 0 aliphatic carbocycles. The van der Waals surface area contributed by atoms with Gasteiger partial charge in [0.2, 0.25) is 0 Å². The van der Waals surface area contributed by atoms with E-state index in [4.69, 9.17) is 34.0 Å². The maximum atomic E-state index is 11.9. The number of rotatable bonds is 4. The highest BCUT2D eigenvalue weighted by Gasteiger charge is 2.16. The number of nitrogens with two attached hydrogens (primary N) is 1. The molecule has 0 aromatic heterocycles. The van der Waals surface area contributed by atoms with Crippen LogP contribution in [0.5, 0.6) is 0 Å². The predicted molar refractivity (Wildman–Crippen MR) is 69.5 cm³/mol. The van der Waals surface area contributed by atoms with Crippen molar-refractivity contribution in [1.82, 2.24) is 5.32 Å². The molecular weight excluding hydrogens is 263 g/mol. The molecule has 94 valence electrons. The summed E-state index contributed by atoms with van der Waals surface area (Å²) >= 11 is 11.7. The Morgan fingerprint density at radius 3 is 2.71 bits per heavy atom. The predicted octanol–water partition coefficient (Wildman–Crippen LogP) is 2.08. The van der Waals surface area contributed by atoms with E-state index in [1.54, 1.807) is 0 Å². The summed E-state index contributed by atoms with van der Waals surface area (Å²) in [5.74, 6) is -0.398. The average molecular weight is 277 g/mol. The molecule has 0 saturated carbocycles. The summed E-state index contributed by atoms with van der Waals surface area (Å²) in [6, 6.07) is 2.62. The van der Waals surface area contributed by atoms with Gasteiger partial charge in [0.15, 0.2) is 0 Å². The van der Waals surface area contributed by atoms with Crippen LogP contribution in [-0.4, -0.2) is 23.7 Å². The van der Waals surface area contributed by atoms with Crippen LogP contribution in [-0.2, 0) is 0 Å². The Balaban J connectivity index is 2.96. The van der Waals surface area contributed by atoms with Crippen LogP contribution in [0.1, 0.15) is 23.7 Å². The summed E-state index contributed by atoms with van der Waals surface area (Å²) in [6.45, 7) is 1.73. The van der Waals surface area contributed by atoms with E-state index in [2.05, 4.69) is 5.32 Å². The van der Waals surface area contributed by atoms with Crippen molar-refractivity contribution >= 4 is 34.8 Å². The van der Waals surface area contributed by atoms with Crippen molar-refractivity contribution in [2.24, 2.45) is 0 Å². The monoisotopic (exact) mass is 276 g/mol. The van der Waals surface area contributed by atoms with Crippen LogP contribution in [0.2, 0.25) is 10.0 Å². The largest absolute Gasteiger partial charge is 0.399 e. The van der Waals surface area contributed by atoms with E-state index in [-0.39, 0.29) is 28.3 Å². The second-order valence-electron chi connectivity index (χ2n) is 3.63. The first-order valence-corrected chi connectivity index (χ1v) is 5.91. The number of anilines is 1. The van der Waals surface area contributed by atoms with Crippen LogP contribution in [0.15, 0.2) is 12.1 Å². The fourth-order valence-electron chi connectivity index (χ4n) is 1.32. The molecule has 0 saturated heterocycles. The molecule has 4 nitrogen and oxygen atoms in total. The number of halogens is 2. The topological polar surface area (TPSA) is 75.3 Å². The molecule has 1 aromatic rings. The van der Waals surface area contributed by atoms with Gasteiger partial charge in [-0.25, -0.2) is 0 Å². The van der Waals surface area contributed by atoms with Crippen LogP contribution in [0, 0.1) is 0 Å². The van der Waals surface area contributed by atoms with Crippen molar-refractivity contribution in [2.75, 3.05) is 12.3 Å². The summed E-state index contributed by atoms with van der Waals surface area (Å²) in [6.07, 6.45) is 0.621. The average Bonchev–Trinajstić information content (AvgIpc) is 2.30. The second kappa shape index (κ2) is 6.10. The van der Waals surface area contributed by atoms with Crippen molar-refractivity contribution < 1.29 is 9.90 Å². The lowest BCUT2D eigenvalue weighted by molar-refractivity contribution is 0.0915. The molecule has 1 aromatic carbocycles. The molecule has 0 heterocycles. The SMILES string of the molecule is CC[C@H](CO)NC(=O)c1cc(N)cc(Cl)c1Cl. The highest BCUT2D eigenvalue weighted by molar-refractivity contribution is 6.44. The van der Waals surface area contributed by atoms with Gasteiger partial charge in [0.05, 0.1) is 28.3 Å². The molecule has 0 aliphatic rings. The first kappa shape index (κ1) is 14.1. The van der Waals surface area contributed by atoms with Gasteiger partial charge in [-0.3, -0.25) is 4.79 Å². The number of aliphatic hydroxyl groups is 1. The number of hydrogen-bond donors (Lipinski definition) is 3. The Morgan fingerprint density at radius 2 is 2.18 bits per heavy atom. The van der Waals surface area contributed by atoms with Crippen LogP contribution in [0.4, 0.5) is 5.69 Å². The Morgan fingerprint density at radius 1 is 1.53 bits per heavy atom. The van der Waals surface area contributed by atoms with E-state index >= 15 is 0 Å². The fourth-order valence-corrected chi connectivity index (χ4v) is 1.74. The first-order valence-electron chi connectivity index (χ1n) is 5.15. The Kier molecular flexibility index (Phi) is 5.05. The van der Waals surface area contributed by atoms with Gasteiger partial charge in [0.1, 0.15) is 0 Å². The van der Waals surface area contributed by atoms with Crippen molar-refractivity contribution in [1.29, 1.82) is 0 Å². The number of carbonyl (C=O) groups is 1. The van der Waals surface area contributed by atoms with Crippen LogP contribution < -0.4 is 11.1 Å². The van der Waals surface area contributed by atoms with Crippen LogP contribution in [0.25, 0.3) is 0 Å². The van der Waals surface area contributed by atoms with Crippen molar-refractivity contribution in [3.8, 4) is 0 Å². The number of aliphatic hydroxyl groups excluding tert-OH is 1. The van der Waals surface area contributed by atoms with Gasteiger partial charge in [-0.15, -0.1) is 0 Å². The van der Waals surface area contributed by atoms with Gasteiger partial charge >= 0.3 is 0 Å². The molecular formula is C11H14Cl2N2O2. The van der Waals surface area contributed by atoms with Crippen molar-refractivity contribution in [3.05, 3.63) is 27.7 Å². The summed E-state index contributed by atoms with van der Waals surface area (Å²) in [5.41, 5.74) is 6.16. The lowest BCUT2D eigenvalue weighted by Gasteiger charge is -2.15. The number of amides is 1. The second-order valence-corrected chi connectivity index (χ2v) is 4.41. The molecule has 0 radical (unpaired) electrons. The van der Waals surface area contributed by atoms with Gasteiger partial charge in [0.25, 0.3) is 5.91 Å². The number of nitrogen functional groups attached to an aromatic ring is 1. The highest BCUT2D eigenvalue weighted by Crippen LogP contribution is 2.28. The van der Waals surface area contributed by atoms with Crippen molar-refractivity contribution in [3.63, 3.8) is 0 Å². The third kappa shape index (κ3) is 3.49. The zero-order chi connectivity index (χ0) is 13.0. The van der Waals surface area contributed by atoms with E-state index in [1.807, 2.05) is 6.92 Å². The molecule has 1 amide bonds. The molecule has 17 heavy (non-hydrogen) atoms. The molecule has 0 bridgehead atoms.